The molecule has 3 rings (SSSR count). The highest BCUT2D eigenvalue weighted by atomic mass is 16.2. The molecule has 24 heavy (non-hydrogen) atoms. The lowest BCUT2D eigenvalue weighted by atomic mass is 9.94. The molecular weight excluding hydrogens is 310 g/mol. The van der Waals surface area contributed by atoms with Gasteiger partial charge in [0.25, 0.3) is 11.1 Å². The molecule has 2 aromatic heterocycles. The number of aryl methyl sites for hydroxylation is 1. The van der Waals surface area contributed by atoms with Gasteiger partial charge in [-0.3, -0.25) is 14.2 Å². The van der Waals surface area contributed by atoms with Crippen LogP contribution >= 0.6 is 0 Å². The molecule has 1 saturated heterocycles. The quantitative estimate of drug-likeness (QED) is 0.808. The monoisotopic (exact) mass is 331 g/mol. The molecule has 1 aliphatic heterocycles. The largest absolute Gasteiger partial charge is 0.328 e. The second-order valence-corrected chi connectivity index (χ2v) is 6.22. The third-order valence-corrected chi connectivity index (χ3v) is 4.42. The lowest BCUT2D eigenvalue weighted by Gasteiger charge is -2.32. The summed E-state index contributed by atoms with van der Waals surface area (Å²) in [6, 6.07) is 2.98. The predicted octanol–water partition coefficient (Wildman–Crippen LogP) is -0.192. The Labute approximate surface area is 138 Å². The maximum absolute atomic E-state index is 11.9. The molecule has 1 atom stereocenters. The number of nitrogens with one attached hydrogen (secondary N) is 2. The maximum atomic E-state index is 11.9. The summed E-state index contributed by atoms with van der Waals surface area (Å²) in [5.74, 6) is 0.203. The summed E-state index contributed by atoms with van der Waals surface area (Å²) in [4.78, 5) is 46.9. The number of aromatic amines is 2. The average molecular weight is 331 g/mol. The Morgan fingerprint density at radius 2 is 2.08 bits per heavy atom. The van der Waals surface area contributed by atoms with Crippen LogP contribution in [0.25, 0.3) is 0 Å². The first-order valence-electron chi connectivity index (χ1n) is 8.10. The van der Waals surface area contributed by atoms with Gasteiger partial charge in [0.2, 0.25) is 0 Å². The number of rotatable bonds is 4. The Hall–Kier alpha value is -2.48. The number of H-pyrrole nitrogens is 2. The summed E-state index contributed by atoms with van der Waals surface area (Å²) in [5.41, 5.74) is 0.578. The molecule has 2 N–H and O–H groups in total. The Kier molecular flexibility index (Phi) is 4.75. The fraction of sp³-hybridized carbons (Fsp3) is 0.500. The zero-order chi connectivity index (χ0) is 17.1. The molecule has 0 aliphatic carbocycles. The van der Waals surface area contributed by atoms with Gasteiger partial charge in [0, 0.05) is 43.4 Å². The number of aromatic nitrogens is 4. The number of likely N-dealkylation sites (tertiary alicyclic amines) is 1. The van der Waals surface area contributed by atoms with E-state index in [1.165, 1.54) is 17.0 Å². The Bertz CT molecular complexity index is 851. The van der Waals surface area contributed by atoms with Crippen molar-refractivity contribution in [2.45, 2.75) is 32.2 Å². The van der Waals surface area contributed by atoms with Crippen LogP contribution < -0.4 is 16.8 Å². The molecule has 0 radical (unpaired) electrons. The van der Waals surface area contributed by atoms with Crippen molar-refractivity contribution < 1.29 is 0 Å². The summed E-state index contributed by atoms with van der Waals surface area (Å²) < 4.78 is 1.22. The third-order valence-electron chi connectivity index (χ3n) is 4.42. The molecule has 128 valence electrons. The minimum absolute atomic E-state index is 0.144. The van der Waals surface area contributed by atoms with Crippen LogP contribution in [0.5, 0.6) is 0 Å². The van der Waals surface area contributed by atoms with Crippen molar-refractivity contribution in [3.05, 3.63) is 61.0 Å². The Morgan fingerprint density at radius 1 is 1.25 bits per heavy atom. The standard InChI is InChI=1S/C16H21N5O3/c1-11-7-15(23)21(16(24)19-11)6-5-20-4-2-3-12(9-20)13-8-14(22)18-10-17-13/h7-8,10,12H,2-6,9H2,1H3,(H,19,24)(H,17,18,22). The molecule has 8 heteroatoms. The van der Waals surface area contributed by atoms with E-state index < -0.39 is 0 Å². The van der Waals surface area contributed by atoms with Crippen LogP contribution in [0.2, 0.25) is 0 Å². The van der Waals surface area contributed by atoms with Crippen LogP contribution in [-0.4, -0.2) is 44.1 Å². The molecule has 1 fully saturated rings. The van der Waals surface area contributed by atoms with Crippen LogP contribution in [0.15, 0.2) is 32.8 Å². The van der Waals surface area contributed by atoms with Gasteiger partial charge in [0.15, 0.2) is 0 Å². The first kappa shape index (κ1) is 16.4. The van der Waals surface area contributed by atoms with E-state index >= 15 is 0 Å². The van der Waals surface area contributed by atoms with Gasteiger partial charge in [-0.2, -0.15) is 0 Å². The van der Waals surface area contributed by atoms with Crippen LogP contribution in [0.4, 0.5) is 0 Å². The highest BCUT2D eigenvalue weighted by Crippen LogP contribution is 2.24. The van der Waals surface area contributed by atoms with Crippen molar-refractivity contribution in [2.75, 3.05) is 19.6 Å². The van der Waals surface area contributed by atoms with Crippen molar-refractivity contribution in [3.8, 4) is 0 Å². The van der Waals surface area contributed by atoms with Gasteiger partial charge in [0.1, 0.15) is 0 Å². The Morgan fingerprint density at radius 3 is 2.83 bits per heavy atom. The summed E-state index contributed by atoms with van der Waals surface area (Å²) in [6.45, 7) is 4.35. The van der Waals surface area contributed by atoms with E-state index in [0.29, 0.717) is 18.8 Å². The fourth-order valence-corrected chi connectivity index (χ4v) is 3.20. The van der Waals surface area contributed by atoms with Gasteiger partial charge in [-0.15, -0.1) is 0 Å². The summed E-state index contributed by atoms with van der Waals surface area (Å²) in [5, 5.41) is 0. The van der Waals surface area contributed by atoms with E-state index in [9.17, 15) is 14.4 Å². The number of nitrogens with zero attached hydrogens (tertiary/aromatic N) is 3. The fourth-order valence-electron chi connectivity index (χ4n) is 3.20. The second-order valence-electron chi connectivity index (χ2n) is 6.22. The minimum Gasteiger partial charge on any atom is -0.313 e. The van der Waals surface area contributed by atoms with Crippen molar-refractivity contribution >= 4 is 0 Å². The summed E-state index contributed by atoms with van der Waals surface area (Å²) in [7, 11) is 0. The number of hydrogen-bond acceptors (Lipinski definition) is 5. The minimum atomic E-state index is -0.371. The molecule has 0 amide bonds. The van der Waals surface area contributed by atoms with Crippen molar-refractivity contribution in [1.82, 2.24) is 24.4 Å². The lowest BCUT2D eigenvalue weighted by Crippen LogP contribution is -2.42. The third kappa shape index (κ3) is 3.70. The van der Waals surface area contributed by atoms with Crippen LogP contribution in [0.1, 0.15) is 30.1 Å². The molecule has 1 aliphatic rings. The predicted molar refractivity (Wildman–Crippen MR) is 89.3 cm³/mol. The second kappa shape index (κ2) is 6.96. The Balaban J connectivity index is 1.67. The van der Waals surface area contributed by atoms with E-state index in [2.05, 4.69) is 19.9 Å². The van der Waals surface area contributed by atoms with Gasteiger partial charge in [-0.05, 0) is 26.3 Å². The topological polar surface area (TPSA) is 104 Å². The number of piperidine rings is 1. The molecule has 0 bridgehead atoms. The van der Waals surface area contributed by atoms with Crippen molar-refractivity contribution in [1.29, 1.82) is 0 Å². The number of hydrogen-bond donors (Lipinski definition) is 2. The molecule has 3 heterocycles. The zero-order valence-electron chi connectivity index (χ0n) is 13.6. The molecule has 1 unspecified atom stereocenters. The van der Waals surface area contributed by atoms with Crippen LogP contribution in [0, 0.1) is 6.92 Å². The first-order chi connectivity index (χ1) is 11.5. The highest BCUT2D eigenvalue weighted by Gasteiger charge is 2.22. The van der Waals surface area contributed by atoms with Gasteiger partial charge < -0.3 is 14.9 Å². The van der Waals surface area contributed by atoms with E-state index in [1.807, 2.05) is 0 Å². The van der Waals surface area contributed by atoms with Crippen LogP contribution in [-0.2, 0) is 6.54 Å². The molecular formula is C16H21N5O3. The smallest absolute Gasteiger partial charge is 0.313 e. The lowest BCUT2D eigenvalue weighted by molar-refractivity contribution is 0.197. The maximum Gasteiger partial charge on any atom is 0.328 e. The molecule has 0 aromatic carbocycles. The molecule has 8 nitrogen and oxygen atoms in total. The van der Waals surface area contributed by atoms with E-state index in [-0.39, 0.29) is 22.7 Å². The zero-order valence-corrected chi connectivity index (χ0v) is 13.6. The van der Waals surface area contributed by atoms with Gasteiger partial charge in [-0.1, -0.05) is 0 Å². The van der Waals surface area contributed by atoms with Crippen molar-refractivity contribution in [2.24, 2.45) is 0 Å². The average Bonchev–Trinajstić information content (AvgIpc) is 2.54. The summed E-state index contributed by atoms with van der Waals surface area (Å²) >= 11 is 0. The molecule has 0 saturated carbocycles. The van der Waals surface area contributed by atoms with E-state index in [4.69, 9.17) is 0 Å². The SMILES string of the molecule is Cc1cc(=O)n(CCN2CCCC(c3cc(=O)[nH]cn3)C2)c(=O)[nH]1. The van der Waals surface area contributed by atoms with E-state index in [0.717, 1.165) is 31.6 Å². The molecule has 0 spiro atoms. The van der Waals surface area contributed by atoms with Gasteiger partial charge in [0.05, 0.1) is 12.0 Å². The van der Waals surface area contributed by atoms with Crippen molar-refractivity contribution in [3.63, 3.8) is 0 Å². The van der Waals surface area contributed by atoms with E-state index in [1.54, 1.807) is 13.0 Å². The summed E-state index contributed by atoms with van der Waals surface area (Å²) in [6.07, 6.45) is 3.42. The van der Waals surface area contributed by atoms with Crippen LogP contribution in [0.3, 0.4) is 0 Å². The molecule has 2 aromatic rings. The van der Waals surface area contributed by atoms with Gasteiger partial charge in [-0.25, -0.2) is 9.78 Å². The first-order valence-corrected chi connectivity index (χ1v) is 8.10. The van der Waals surface area contributed by atoms with Gasteiger partial charge >= 0.3 is 5.69 Å². The highest BCUT2D eigenvalue weighted by molar-refractivity contribution is 5.08. The normalized spacial score (nSPS) is 18.6.